The highest BCUT2D eigenvalue weighted by molar-refractivity contribution is 5.52. The van der Waals surface area contributed by atoms with Crippen LogP contribution >= 0.6 is 0 Å². The first-order valence-electron chi connectivity index (χ1n) is 4.55. The summed E-state index contributed by atoms with van der Waals surface area (Å²) in [6.07, 6.45) is 3.20. The van der Waals surface area contributed by atoms with Crippen LogP contribution in [-0.4, -0.2) is 0 Å². The van der Waals surface area contributed by atoms with E-state index in [4.69, 9.17) is 0 Å². The maximum Gasteiger partial charge on any atom is -0.0113 e. The van der Waals surface area contributed by atoms with E-state index >= 15 is 0 Å². The SMILES string of the molecule is C=C(C)C/C(C)=C/c1ccccc1. The molecule has 0 radical (unpaired) electrons. The first-order chi connectivity index (χ1) is 6.18. The molecule has 0 heterocycles. The van der Waals surface area contributed by atoms with Gasteiger partial charge in [-0.2, -0.15) is 0 Å². The highest BCUT2D eigenvalue weighted by Crippen LogP contribution is 2.12. The Morgan fingerprint density at radius 1 is 1.23 bits per heavy atom. The van der Waals surface area contributed by atoms with Crippen molar-refractivity contribution in [3.63, 3.8) is 0 Å². The molecule has 0 nitrogen and oxygen atoms in total. The summed E-state index contributed by atoms with van der Waals surface area (Å²) in [4.78, 5) is 0. The average Bonchev–Trinajstić information content (AvgIpc) is 2.04. The monoisotopic (exact) mass is 172 g/mol. The van der Waals surface area contributed by atoms with E-state index in [2.05, 4.69) is 50.8 Å². The molecule has 0 saturated carbocycles. The van der Waals surface area contributed by atoms with Gasteiger partial charge in [-0.25, -0.2) is 0 Å². The van der Waals surface area contributed by atoms with Crippen molar-refractivity contribution in [1.82, 2.24) is 0 Å². The van der Waals surface area contributed by atoms with Crippen LogP contribution in [0.3, 0.4) is 0 Å². The molecule has 1 rings (SSSR count). The van der Waals surface area contributed by atoms with Gasteiger partial charge in [-0.05, 0) is 25.8 Å². The first kappa shape index (κ1) is 9.79. The van der Waals surface area contributed by atoms with Crippen LogP contribution in [0.5, 0.6) is 0 Å². The molecule has 0 saturated heterocycles. The van der Waals surface area contributed by atoms with Crippen LogP contribution in [0, 0.1) is 0 Å². The predicted molar refractivity (Wildman–Crippen MR) is 59.5 cm³/mol. The van der Waals surface area contributed by atoms with Gasteiger partial charge in [0.15, 0.2) is 0 Å². The molecule has 0 heteroatoms. The van der Waals surface area contributed by atoms with Crippen LogP contribution in [0.4, 0.5) is 0 Å². The predicted octanol–water partition coefficient (Wildman–Crippen LogP) is 4.06. The minimum Gasteiger partial charge on any atom is -0.0998 e. The van der Waals surface area contributed by atoms with Crippen molar-refractivity contribution >= 4 is 6.08 Å². The van der Waals surface area contributed by atoms with E-state index in [0.29, 0.717) is 0 Å². The zero-order chi connectivity index (χ0) is 9.68. The summed E-state index contributed by atoms with van der Waals surface area (Å²) >= 11 is 0. The standard InChI is InChI=1S/C13H16/c1-11(2)9-12(3)10-13-7-5-4-6-8-13/h4-8,10H,1,9H2,2-3H3/b12-10+. The number of allylic oxidation sites excluding steroid dienone is 2. The lowest BCUT2D eigenvalue weighted by molar-refractivity contribution is 1.13. The molecular formula is C13H16. The summed E-state index contributed by atoms with van der Waals surface area (Å²) in [6.45, 7) is 8.09. The third-order valence-corrected chi connectivity index (χ3v) is 1.79. The molecule has 0 aliphatic heterocycles. The fraction of sp³-hybridized carbons (Fsp3) is 0.231. The van der Waals surface area contributed by atoms with Crippen LogP contribution < -0.4 is 0 Å². The lowest BCUT2D eigenvalue weighted by Crippen LogP contribution is -1.78. The van der Waals surface area contributed by atoms with Crippen molar-refractivity contribution in [2.45, 2.75) is 20.3 Å². The molecule has 0 aliphatic rings. The summed E-state index contributed by atoms with van der Waals surface area (Å²) in [5.74, 6) is 0. The number of rotatable bonds is 3. The third kappa shape index (κ3) is 3.75. The van der Waals surface area contributed by atoms with E-state index < -0.39 is 0 Å². The molecule has 1 aromatic carbocycles. The maximum atomic E-state index is 3.90. The molecule has 0 spiro atoms. The summed E-state index contributed by atoms with van der Waals surface area (Å²) in [5.41, 5.74) is 3.84. The van der Waals surface area contributed by atoms with Crippen molar-refractivity contribution in [3.05, 3.63) is 53.6 Å². The second-order valence-electron chi connectivity index (χ2n) is 3.54. The molecule has 0 fully saturated rings. The summed E-state index contributed by atoms with van der Waals surface area (Å²) in [6, 6.07) is 10.4. The van der Waals surface area contributed by atoms with Gasteiger partial charge in [-0.3, -0.25) is 0 Å². The minimum absolute atomic E-state index is 0.995. The Hall–Kier alpha value is -1.30. The number of hydrogen-bond donors (Lipinski definition) is 0. The lowest BCUT2D eigenvalue weighted by atomic mass is 10.1. The molecule has 0 aromatic heterocycles. The van der Waals surface area contributed by atoms with Gasteiger partial charge in [0.2, 0.25) is 0 Å². The Labute approximate surface area is 80.6 Å². The van der Waals surface area contributed by atoms with E-state index in [1.807, 2.05) is 6.07 Å². The highest BCUT2D eigenvalue weighted by atomic mass is 14.0. The molecule has 0 atom stereocenters. The second-order valence-corrected chi connectivity index (χ2v) is 3.54. The van der Waals surface area contributed by atoms with E-state index in [-0.39, 0.29) is 0 Å². The Kier molecular flexibility index (Phi) is 3.51. The van der Waals surface area contributed by atoms with Gasteiger partial charge in [0.1, 0.15) is 0 Å². The molecule has 0 amide bonds. The first-order valence-corrected chi connectivity index (χ1v) is 4.55. The van der Waals surface area contributed by atoms with Gasteiger partial charge in [0, 0.05) is 0 Å². The van der Waals surface area contributed by atoms with Crippen LogP contribution in [-0.2, 0) is 0 Å². The van der Waals surface area contributed by atoms with Crippen molar-refractivity contribution in [2.24, 2.45) is 0 Å². The minimum atomic E-state index is 0.995. The van der Waals surface area contributed by atoms with Crippen molar-refractivity contribution in [2.75, 3.05) is 0 Å². The van der Waals surface area contributed by atoms with Gasteiger partial charge in [-0.1, -0.05) is 54.1 Å². The highest BCUT2D eigenvalue weighted by Gasteiger charge is 1.91. The van der Waals surface area contributed by atoms with Crippen LogP contribution in [0.15, 0.2) is 48.1 Å². The molecular weight excluding hydrogens is 156 g/mol. The van der Waals surface area contributed by atoms with E-state index in [1.54, 1.807) is 0 Å². The molecule has 0 aliphatic carbocycles. The Morgan fingerprint density at radius 3 is 2.38 bits per heavy atom. The van der Waals surface area contributed by atoms with Gasteiger partial charge in [0.05, 0.1) is 0 Å². The second kappa shape index (κ2) is 4.66. The summed E-state index contributed by atoms with van der Waals surface area (Å²) < 4.78 is 0. The Bertz CT molecular complexity index is 304. The van der Waals surface area contributed by atoms with Crippen molar-refractivity contribution < 1.29 is 0 Å². The van der Waals surface area contributed by atoms with Crippen LogP contribution in [0.25, 0.3) is 6.08 Å². The smallest absolute Gasteiger partial charge is 0.0113 e. The van der Waals surface area contributed by atoms with Crippen molar-refractivity contribution in [1.29, 1.82) is 0 Å². The van der Waals surface area contributed by atoms with Crippen molar-refractivity contribution in [3.8, 4) is 0 Å². The molecule has 13 heavy (non-hydrogen) atoms. The largest absolute Gasteiger partial charge is 0.0998 e. The molecule has 0 bridgehead atoms. The molecule has 1 aromatic rings. The van der Waals surface area contributed by atoms with E-state index in [9.17, 15) is 0 Å². The van der Waals surface area contributed by atoms with Gasteiger partial charge in [-0.15, -0.1) is 0 Å². The van der Waals surface area contributed by atoms with Crippen LogP contribution in [0.2, 0.25) is 0 Å². The Morgan fingerprint density at radius 2 is 1.85 bits per heavy atom. The molecule has 0 N–H and O–H groups in total. The normalized spacial score (nSPS) is 11.4. The van der Waals surface area contributed by atoms with E-state index in [0.717, 1.165) is 6.42 Å². The van der Waals surface area contributed by atoms with Gasteiger partial charge < -0.3 is 0 Å². The van der Waals surface area contributed by atoms with Crippen LogP contribution in [0.1, 0.15) is 25.8 Å². The number of benzene rings is 1. The average molecular weight is 172 g/mol. The fourth-order valence-electron chi connectivity index (χ4n) is 1.36. The zero-order valence-corrected chi connectivity index (χ0v) is 8.38. The summed E-state index contributed by atoms with van der Waals surface area (Å²) in [7, 11) is 0. The molecule has 0 unspecified atom stereocenters. The summed E-state index contributed by atoms with van der Waals surface area (Å²) in [5, 5.41) is 0. The van der Waals surface area contributed by atoms with E-state index in [1.165, 1.54) is 16.7 Å². The fourth-order valence-corrected chi connectivity index (χ4v) is 1.36. The quantitative estimate of drug-likeness (QED) is 0.603. The zero-order valence-electron chi connectivity index (χ0n) is 8.38. The third-order valence-electron chi connectivity index (χ3n) is 1.79. The van der Waals surface area contributed by atoms with Gasteiger partial charge in [0.25, 0.3) is 0 Å². The maximum absolute atomic E-state index is 3.90. The lowest BCUT2D eigenvalue weighted by Gasteiger charge is -2.00. The number of hydrogen-bond acceptors (Lipinski definition) is 0. The van der Waals surface area contributed by atoms with Gasteiger partial charge >= 0.3 is 0 Å². The molecule has 68 valence electrons. The topological polar surface area (TPSA) is 0 Å². The Balaban J connectivity index is 2.71.